The van der Waals surface area contributed by atoms with Gasteiger partial charge in [-0.15, -0.1) is 0 Å². The topological polar surface area (TPSA) is 50.1 Å². The zero-order valence-electron chi connectivity index (χ0n) is 11.1. The van der Waals surface area contributed by atoms with Crippen molar-refractivity contribution in [1.29, 1.82) is 0 Å². The molecule has 0 spiro atoms. The summed E-state index contributed by atoms with van der Waals surface area (Å²) in [6.45, 7) is 7.42. The van der Waals surface area contributed by atoms with Crippen LogP contribution in [0.1, 0.15) is 51.9 Å². The fourth-order valence-corrected chi connectivity index (χ4v) is 1.68. The molecule has 0 heterocycles. The lowest BCUT2D eigenvalue weighted by molar-refractivity contribution is 0.555. The van der Waals surface area contributed by atoms with Crippen LogP contribution in [0.15, 0.2) is 0 Å². The van der Waals surface area contributed by atoms with Gasteiger partial charge in [-0.1, -0.05) is 39.0 Å². The predicted octanol–water partition coefficient (Wildman–Crippen LogP) is 1.87. The lowest BCUT2D eigenvalue weighted by Crippen LogP contribution is -2.29. The third-order valence-electron chi connectivity index (χ3n) is 2.74. The summed E-state index contributed by atoms with van der Waals surface area (Å²) in [6.07, 6.45) is 9.35. The van der Waals surface area contributed by atoms with E-state index >= 15 is 0 Å². The summed E-state index contributed by atoms with van der Waals surface area (Å²) >= 11 is 0. The molecule has 3 nitrogen and oxygen atoms in total. The van der Waals surface area contributed by atoms with E-state index in [0.29, 0.717) is 0 Å². The van der Waals surface area contributed by atoms with Crippen LogP contribution in [0.2, 0.25) is 0 Å². The van der Waals surface area contributed by atoms with Gasteiger partial charge in [-0.3, -0.25) is 0 Å². The summed E-state index contributed by atoms with van der Waals surface area (Å²) in [4.78, 5) is 0. The van der Waals surface area contributed by atoms with Crippen LogP contribution in [0.3, 0.4) is 0 Å². The molecule has 0 atom stereocenters. The first kappa shape index (κ1) is 15.9. The van der Waals surface area contributed by atoms with Crippen LogP contribution in [-0.2, 0) is 0 Å². The van der Waals surface area contributed by atoms with Crippen molar-refractivity contribution < 1.29 is 0 Å². The van der Waals surface area contributed by atoms with Gasteiger partial charge in [0.25, 0.3) is 0 Å². The smallest absolute Gasteiger partial charge is 0.00767 e. The lowest BCUT2D eigenvalue weighted by Gasteiger charge is -2.06. The molecule has 0 saturated carbocycles. The Balaban J connectivity index is 2.83. The minimum absolute atomic E-state index is 0.790. The second-order valence-electron chi connectivity index (χ2n) is 4.41. The van der Waals surface area contributed by atoms with Crippen LogP contribution in [0.5, 0.6) is 0 Å². The monoisotopic (exact) mass is 229 g/mol. The molecule has 0 amide bonds. The predicted molar refractivity (Wildman–Crippen MR) is 72.8 cm³/mol. The average Bonchev–Trinajstić information content (AvgIpc) is 2.31. The van der Waals surface area contributed by atoms with E-state index in [1.807, 2.05) is 0 Å². The van der Waals surface area contributed by atoms with Crippen LogP contribution < -0.4 is 16.4 Å². The largest absolute Gasteiger partial charge is 0.330 e. The van der Waals surface area contributed by atoms with Crippen molar-refractivity contribution >= 4 is 0 Å². The van der Waals surface area contributed by atoms with Gasteiger partial charge in [0.1, 0.15) is 0 Å². The molecule has 0 fully saturated rings. The quantitative estimate of drug-likeness (QED) is 0.423. The number of rotatable bonds is 13. The van der Waals surface area contributed by atoms with Gasteiger partial charge in [0.2, 0.25) is 0 Å². The van der Waals surface area contributed by atoms with Crippen molar-refractivity contribution in [3.05, 3.63) is 0 Å². The highest BCUT2D eigenvalue weighted by molar-refractivity contribution is 4.53. The van der Waals surface area contributed by atoms with Crippen molar-refractivity contribution in [3.8, 4) is 0 Å². The van der Waals surface area contributed by atoms with Crippen molar-refractivity contribution in [1.82, 2.24) is 10.6 Å². The highest BCUT2D eigenvalue weighted by Gasteiger charge is 1.90. The number of nitrogens with two attached hydrogens (primary N) is 1. The summed E-state index contributed by atoms with van der Waals surface area (Å²) < 4.78 is 0. The van der Waals surface area contributed by atoms with Crippen LogP contribution in [0, 0.1) is 0 Å². The van der Waals surface area contributed by atoms with Gasteiger partial charge in [0, 0.05) is 13.1 Å². The molecular weight excluding hydrogens is 198 g/mol. The molecular formula is C13H31N3. The molecule has 0 bridgehead atoms. The Kier molecular flexibility index (Phi) is 14.8. The highest BCUT2D eigenvalue weighted by atomic mass is 14.9. The first-order chi connectivity index (χ1) is 7.91. The van der Waals surface area contributed by atoms with Crippen molar-refractivity contribution in [2.75, 3.05) is 32.7 Å². The Morgan fingerprint density at radius 3 is 1.88 bits per heavy atom. The minimum Gasteiger partial charge on any atom is -0.330 e. The third kappa shape index (κ3) is 13.9. The van der Waals surface area contributed by atoms with E-state index in [-0.39, 0.29) is 0 Å². The van der Waals surface area contributed by atoms with Crippen molar-refractivity contribution in [2.45, 2.75) is 51.9 Å². The molecule has 3 heteroatoms. The maximum Gasteiger partial charge on any atom is 0.00767 e. The van der Waals surface area contributed by atoms with E-state index in [9.17, 15) is 0 Å². The first-order valence-corrected chi connectivity index (χ1v) is 7.03. The van der Waals surface area contributed by atoms with E-state index in [0.717, 1.165) is 32.6 Å². The van der Waals surface area contributed by atoms with Gasteiger partial charge in [-0.05, 0) is 32.5 Å². The van der Waals surface area contributed by atoms with Gasteiger partial charge in [0.05, 0.1) is 0 Å². The molecule has 16 heavy (non-hydrogen) atoms. The maximum atomic E-state index is 5.40. The van der Waals surface area contributed by atoms with E-state index in [1.54, 1.807) is 0 Å². The zero-order chi connectivity index (χ0) is 11.9. The Morgan fingerprint density at radius 2 is 1.25 bits per heavy atom. The summed E-state index contributed by atoms with van der Waals surface area (Å²) in [5, 5.41) is 6.82. The molecule has 0 unspecified atom stereocenters. The standard InChI is InChI=1S/C13H31N3/c1-2-3-4-5-6-7-10-15-12-13-16-11-8-9-14/h15-16H,2-14H2,1H3. The highest BCUT2D eigenvalue weighted by Crippen LogP contribution is 2.03. The van der Waals surface area contributed by atoms with Gasteiger partial charge >= 0.3 is 0 Å². The van der Waals surface area contributed by atoms with Crippen LogP contribution >= 0.6 is 0 Å². The molecule has 0 aliphatic heterocycles. The van der Waals surface area contributed by atoms with Crippen LogP contribution in [0.4, 0.5) is 0 Å². The number of hydrogen-bond acceptors (Lipinski definition) is 3. The fraction of sp³-hybridized carbons (Fsp3) is 1.00. The second kappa shape index (κ2) is 14.9. The molecule has 0 aromatic rings. The average molecular weight is 229 g/mol. The van der Waals surface area contributed by atoms with Crippen molar-refractivity contribution in [2.24, 2.45) is 5.73 Å². The Hall–Kier alpha value is -0.120. The lowest BCUT2D eigenvalue weighted by atomic mass is 10.1. The molecule has 0 saturated heterocycles. The summed E-state index contributed by atoms with van der Waals surface area (Å²) in [6, 6.07) is 0. The molecule has 0 aromatic carbocycles. The Bertz CT molecular complexity index is 104. The minimum atomic E-state index is 0.790. The Labute approximate surface area is 102 Å². The van der Waals surface area contributed by atoms with Crippen LogP contribution in [0.25, 0.3) is 0 Å². The Morgan fingerprint density at radius 1 is 0.688 bits per heavy atom. The molecule has 0 aliphatic carbocycles. The molecule has 0 radical (unpaired) electrons. The van der Waals surface area contributed by atoms with Gasteiger partial charge < -0.3 is 16.4 Å². The molecule has 0 rings (SSSR count). The molecule has 0 aromatic heterocycles. The maximum absolute atomic E-state index is 5.40. The van der Waals surface area contributed by atoms with E-state index in [2.05, 4.69) is 17.6 Å². The summed E-state index contributed by atoms with van der Waals surface area (Å²) in [5.41, 5.74) is 5.40. The van der Waals surface area contributed by atoms with Gasteiger partial charge in [-0.25, -0.2) is 0 Å². The van der Waals surface area contributed by atoms with E-state index in [4.69, 9.17) is 5.73 Å². The summed E-state index contributed by atoms with van der Waals surface area (Å²) in [7, 11) is 0. The van der Waals surface area contributed by atoms with Gasteiger partial charge in [0.15, 0.2) is 0 Å². The second-order valence-corrected chi connectivity index (χ2v) is 4.41. The number of hydrogen-bond donors (Lipinski definition) is 3. The number of unbranched alkanes of at least 4 members (excludes halogenated alkanes) is 5. The fourth-order valence-electron chi connectivity index (χ4n) is 1.68. The zero-order valence-corrected chi connectivity index (χ0v) is 11.1. The first-order valence-electron chi connectivity index (χ1n) is 7.03. The van der Waals surface area contributed by atoms with Crippen LogP contribution in [-0.4, -0.2) is 32.7 Å². The van der Waals surface area contributed by atoms with E-state index in [1.165, 1.54) is 45.1 Å². The molecule has 98 valence electrons. The SMILES string of the molecule is CCCCCCCCNCCNCCCN. The molecule has 0 aliphatic rings. The van der Waals surface area contributed by atoms with Gasteiger partial charge in [-0.2, -0.15) is 0 Å². The molecule has 4 N–H and O–H groups in total. The normalized spacial score (nSPS) is 10.9. The third-order valence-corrected chi connectivity index (χ3v) is 2.74. The summed E-state index contributed by atoms with van der Waals surface area (Å²) in [5.74, 6) is 0. The van der Waals surface area contributed by atoms with E-state index < -0.39 is 0 Å². The number of nitrogens with one attached hydrogen (secondary N) is 2. The van der Waals surface area contributed by atoms with Crippen molar-refractivity contribution in [3.63, 3.8) is 0 Å².